The molecule has 0 aromatic carbocycles. The van der Waals surface area contributed by atoms with Gasteiger partial charge in [0.15, 0.2) is 0 Å². The third-order valence-electron chi connectivity index (χ3n) is 2.58. The zero-order valence-electron chi connectivity index (χ0n) is 8.75. The van der Waals surface area contributed by atoms with Gasteiger partial charge in [-0.2, -0.15) is 0 Å². The van der Waals surface area contributed by atoms with Crippen molar-refractivity contribution in [2.45, 2.75) is 32.2 Å². The lowest BCUT2D eigenvalue weighted by molar-refractivity contribution is -0.133. The molecule has 0 unspecified atom stereocenters. The van der Waals surface area contributed by atoms with Crippen molar-refractivity contribution in [2.24, 2.45) is 0 Å². The quantitative estimate of drug-likeness (QED) is 0.668. The van der Waals surface area contributed by atoms with Crippen molar-refractivity contribution >= 4 is 5.91 Å². The number of hydrogen-bond donors (Lipinski definition) is 1. The summed E-state index contributed by atoms with van der Waals surface area (Å²) in [4.78, 5) is 13.6. The van der Waals surface area contributed by atoms with E-state index in [0.717, 1.165) is 19.4 Å². The van der Waals surface area contributed by atoms with Crippen molar-refractivity contribution in [3.8, 4) is 12.3 Å². The second-order valence-corrected chi connectivity index (χ2v) is 3.56. The number of nitrogens with one attached hydrogen (secondary N) is 1. The molecule has 3 nitrogen and oxygen atoms in total. The Balaban J connectivity index is 2.48. The topological polar surface area (TPSA) is 32.3 Å². The molecule has 3 heteroatoms. The maximum atomic E-state index is 11.9. The Hall–Kier alpha value is -1.01. The Labute approximate surface area is 85.9 Å². The molecule has 0 spiro atoms. The molecule has 14 heavy (non-hydrogen) atoms. The number of carbonyl (C=O) groups is 1. The van der Waals surface area contributed by atoms with E-state index in [-0.39, 0.29) is 11.9 Å². The van der Waals surface area contributed by atoms with Gasteiger partial charge in [-0.3, -0.25) is 4.79 Å². The fraction of sp³-hybridized carbons (Fsp3) is 0.727. The summed E-state index contributed by atoms with van der Waals surface area (Å²) in [6.45, 7) is 4.02. The molecule has 0 aromatic heterocycles. The molecule has 0 aliphatic carbocycles. The molecule has 1 amide bonds. The second kappa shape index (κ2) is 5.66. The fourth-order valence-corrected chi connectivity index (χ4v) is 1.74. The van der Waals surface area contributed by atoms with Gasteiger partial charge in [0.25, 0.3) is 0 Å². The summed E-state index contributed by atoms with van der Waals surface area (Å²) in [5.74, 6) is 2.67. The summed E-state index contributed by atoms with van der Waals surface area (Å²) in [5, 5.41) is 3.23. The van der Waals surface area contributed by atoms with E-state index >= 15 is 0 Å². The van der Waals surface area contributed by atoms with E-state index in [1.807, 2.05) is 6.92 Å². The number of amides is 1. The van der Waals surface area contributed by atoms with Crippen LogP contribution in [0.5, 0.6) is 0 Å². The minimum atomic E-state index is -0.00273. The highest BCUT2D eigenvalue weighted by atomic mass is 16.2. The minimum absolute atomic E-state index is 0.00273. The highest BCUT2D eigenvalue weighted by Crippen LogP contribution is 2.09. The molecule has 1 aliphatic rings. The fourth-order valence-electron chi connectivity index (χ4n) is 1.74. The molecule has 0 bridgehead atoms. The van der Waals surface area contributed by atoms with Gasteiger partial charge in [-0.1, -0.05) is 12.3 Å². The van der Waals surface area contributed by atoms with Crippen LogP contribution < -0.4 is 5.32 Å². The van der Waals surface area contributed by atoms with Crippen LogP contribution in [0.3, 0.4) is 0 Å². The molecular weight excluding hydrogens is 176 g/mol. The minimum Gasteiger partial charge on any atom is -0.330 e. The van der Waals surface area contributed by atoms with Gasteiger partial charge >= 0.3 is 0 Å². The average Bonchev–Trinajstić information content (AvgIpc) is 2.26. The predicted molar refractivity (Wildman–Crippen MR) is 56.7 cm³/mol. The largest absolute Gasteiger partial charge is 0.330 e. The van der Waals surface area contributed by atoms with E-state index in [1.165, 1.54) is 6.42 Å². The van der Waals surface area contributed by atoms with Crippen LogP contribution in [0.25, 0.3) is 0 Å². The molecule has 0 aromatic rings. The molecule has 1 rings (SSSR count). The first-order valence-electron chi connectivity index (χ1n) is 5.25. The van der Waals surface area contributed by atoms with Gasteiger partial charge in [0.05, 0.1) is 12.6 Å². The van der Waals surface area contributed by atoms with Crippen molar-refractivity contribution < 1.29 is 4.79 Å². The summed E-state index contributed by atoms with van der Waals surface area (Å²) in [6.07, 6.45) is 8.46. The van der Waals surface area contributed by atoms with Crippen molar-refractivity contribution in [3.63, 3.8) is 0 Å². The lowest BCUT2D eigenvalue weighted by Crippen LogP contribution is -2.48. The summed E-state index contributed by atoms with van der Waals surface area (Å²) < 4.78 is 0. The molecule has 1 aliphatic heterocycles. The van der Waals surface area contributed by atoms with E-state index in [0.29, 0.717) is 13.1 Å². The van der Waals surface area contributed by atoms with E-state index in [4.69, 9.17) is 6.42 Å². The lowest BCUT2D eigenvalue weighted by Gasteiger charge is -2.28. The van der Waals surface area contributed by atoms with Gasteiger partial charge in [0, 0.05) is 6.54 Å². The second-order valence-electron chi connectivity index (χ2n) is 3.56. The van der Waals surface area contributed by atoms with Crippen molar-refractivity contribution in [2.75, 3.05) is 19.6 Å². The van der Waals surface area contributed by atoms with E-state index < -0.39 is 0 Å². The van der Waals surface area contributed by atoms with Crippen LogP contribution >= 0.6 is 0 Å². The molecule has 1 saturated heterocycles. The van der Waals surface area contributed by atoms with Gasteiger partial charge in [-0.15, -0.1) is 6.42 Å². The first-order chi connectivity index (χ1) is 6.79. The number of likely N-dealkylation sites (N-methyl/N-ethyl adjacent to an activating group) is 1. The Morgan fingerprint density at radius 3 is 2.93 bits per heavy atom. The number of nitrogens with zero attached hydrogens (tertiary/aromatic N) is 1. The highest BCUT2D eigenvalue weighted by molar-refractivity contribution is 5.82. The number of hydrogen-bond acceptors (Lipinski definition) is 2. The lowest BCUT2D eigenvalue weighted by atomic mass is 10.0. The molecule has 1 N–H and O–H groups in total. The summed E-state index contributed by atoms with van der Waals surface area (Å²) in [6, 6.07) is -0.00273. The summed E-state index contributed by atoms with van der Waals surface area (Å²) in [5.41, 5.74) is 0. The Kier molecular flexibility index (Phi) is 4.48. The molecule has 0 radical (unpaired) electrons. The Morgan fingerprint density at radius 2 is 2.43 bits per heavy atom. The molecule has 1 fully saturated rings. The van der Waals surface area contributed by atoms with Gasteiger partial charge < -0.3 is 10.2 Å². The zero-order chi connectivity index (χ0) is 10.4. The van der Waals surface area contributed by atoms with E-state index in [1.54, 1.807) is 4.90 Å². The van der Waals surface area contributed by atoms with Crippen LogP contribution in [0.2, 0.25) is 0 Å². The van der Waals surface area contributed by atoms with Crippen molar-refractivity contribution in [3.05, 3.63) is 0 Å². The van der Waals surface area contributed by atoms with Gasteiger partial charge in [0.1, 0.15) is 0 Å². The molecule has 0 saturated carbocycles. The zero-order valence-corrected chi connectivity index (χ0v) is 8.75. The normalized spacial score (nSPS) is 21.3. The third-order valence-corrected chi connectivity index (χ3v) is 2.58. The number of carbonyl (C=O) groups excluding carboxylic acids is 1. The van der Waals surface area contributed by atoms with Gasteiger partial charge in [-0.05, 0) is 26.3 Å². The first kappa shape index (κ1) is 11.1. The van der Waals surface area contributed by atoms with E-state index in [2.05, 4.69) is 11.2 Å². The number of piperidine rings is 1. The maximum absolute atomic E-state index is 11.9. The van der Waals surface area contributed by atoms with Gasteiger partial charge in [-0.25, -0.2) is 0 Å². The Bertz CT molecular complexity index is 226. The third kappa shape index (κ3) is 2.74. The van der Waals surface area contributed by atoms with Crippen molar-refractivity contribution in [1.82, 2.24) is 10.2 Å². The smallest absolute Gasteiger partial charge is 0.240 e. The molecule has 1 atom stereocenters. The summed E-state index contributed by atoms with van der Waals surface area (Å²) >= 11 is 0. The van der Waals surface area contributed by atoms with Crippen LogP contribution in [0.1, 0.15) is 26.2 Å². The maximum Gasteiger partial charge on any atom is 0.240 e. The van der Waals surface area contributed by atoms with Crippen LogP contribution in [-0.2, 0) is 4.79 Å². The van der Waals surface area contributed by atoms with E-state index in [9.17, 15) is 4.79 Å². The monoisotopic (exact) mass is 194 g/mol. The first-order valence-corrected chi connectivity index (χ1v) is 5.25. The van der Waals surface area contributed by atoms with Crippen LogP contribution in [0.15, 0.2) is 0 Å². The van der Waals surface area contributed by atoms with Crippen LogP contribution in [0, 0.1) is 12.3 Å². The van der Waals surface area contributed by atoms with Crippen LogP contribution in [0.4, 0.5) is 0 Å². The van der Waals surface area contributed by atoms with Crippen LogP contribution in [-0.4, -0.2) is 36.5 Å². The number of terminal acetylenes is 1. The summed E-state index contributed by atoms with van der Waals surface area (Å²) in [7, 11) is 0. The number of rotatable bonds is 3. The average molecular weight is 194 g/mol. The van der Waals surface area contributed by atoms with Crippen molar-refractivity contribution in [1.29, 1.82) is 0 Å². The molecular formula is C11H18N2O. The molecule has 1 heterocycles. The highest BCUT2D eigenvalue weighted by Gasteiger charge is 2.23. The predicted octanol–water partition coefficient (Wildman–Crippen LogP) is 0.610. The molecule has 78 valence electrons. The SMILES string of the molecule is C#CCN(CC)C(=O)[C@@H]1CCCCN1. The standard InChI is InChI=1S/C11H18N2O/c1-3-9-13(4-2)11(14)10-7-5-6-8-12-10/h1,10,12H,4-9H2,2H3/t10-/m0/s1. The Morgan fingerprint density at radius 1 is 1.64 bits per heavy atom. The van der Waals surface area contributed by atoms with Gasteiger partial charge in [0.2, 0.25) is 5.91 Å².